The summed E-state index contributed by atoms with van der Waals surface area (Å²) in [6, 6.07) is 14.0. The number of halogens is 1. The normalized spacial score (nSPS) is 11.3. The molecule has 0 heterocycles. The van der Waals surface area contributed by atoms with Crippen molar-refractivity contribution in [2.24, 2.45) is 0 Å². The summed E-state index contributed by atoms with van der Waals surface area (Å²) < 4.78 is 24.1. The van der Waals surface area contributed by atoms with E-state index in [2.05, 4.69) is 5.32 Å². The molecule has 1 atom stereocenters. The molecule has 0 fully saturated rings. The van der Waals surface area contributed by atoms with Crippen molar-refractivity contribution >= 4 is 5.91 Å². The zero-order valence-electron chi connectivity index (χ0n) is 14.6. The van der Waals surface area contributed by atoms with Crippen LogP contribution in [0.5, 0.6) is 11.5 Å². The molecule has 2 aromatic rings. The van der Waals surface area contributed by atoms with E-state index in [0.717, 1.165) is 0 Å². The molecule has 0 aliphatic carbocycles. The third-order valence-corrected chi connectivity index (χ3v) is 3.59. The first-order valence-electron chi connectivity index (χ1n) is 8.43. The molecule has 0 spiro atoms. The number of carbonyl (C=O) groups is 1. The second kappa shape index (κ2) is 10.0. The molecule has 6 heteroatoms. The minimum absolute atomic E-state index is 0.218. The first kappa shape index (κ1) is 19.3. The highest BCUT2D eigenvalue weighted by atomic mass is 19.1. The summed E-state index contributed by atoms with van der Waals surface area (Å²) in [5.74, 6) is 0.653. The minimum Gasteiger partial charge on any atom is -0.490 e. The Kier molecular flexibility index (Phi) is 7.44. The van der Waals surface area contributed by atoms with Gasteiger partial charge in [0, 0.05) is 6.42 Å². The van der Waals surface area contributed by atoms with E-state index in [1.807, 2.05) is 37.3 Å². The Morgan fingerprint density at radius 2 is 1.81 bits per heavy atom. The van der Waals surface area contributed by atoms with Crippen LogP contribution in [-0.2, 0) is 4.79 Å². The number of para-hydroxylation sites is 2. The maximum absolute atomic E-state index is 12.9. The van der Waals surface area contributed by atoms with E-state index in [1.165, 1.54) is 24.3 Å². The number of nitrogens with zero attached hydrogens (tertiary/aromatic N) is 1. The highest BCUT2D eigenvalue weighted by Gasteiger charge is 2.14. The standard InChI is InChI=1S/C20H21FN2O3/c1-2-25-18-6-3-4-7-19(18)26-13-5-8-20(24)23-17(14-22)15-9-11-16(21)12-10-15/h3-4,6-7,9-12,17H,2,5,8,13H2,1H3,(H,23,24)/t17-/m0/s1. The average Bonchev–Trinajstić information content (AvgIpc) is 2.65. The number of nitrogens with one attached hydrogen (secondary N) is 1. The minimum atomic E-state index is -0.803. The van der Waals surface area contributed by atoms with Gasteiger partial charge in [-0.1, -0.05) is 24.3 Å². The van der Waals surface area contributed by atoms with Gasteiger partial charge in [0.2, 0.25) is 5.91 Å². The first-order chi connectivity index (χ1) is 12.6. The van der Waals surface area contributed by atoms with Gasteiger partial charge in [0.15, 0.2) is 11.5 Å². The van der Waals surface area contributed by atoms with Crippen molar-refractivity contribution in [3.05, 3.63) is 59.9 Å². The van der Waals surface area contributed by atoms with Crippen LogP contribution in [0, 0.1) is 17.1 Å². The third-order valence-electron chi connectivity index (χ3n) is 3.59. The van der Waals surface area contributed by atoms with Crippen LogP contribution >= 0.6 is 0 Å². The Bertz CT molecular complexity index is 756. The van der Waals surface area contributed by atoms with Crippen molar-refractivity contribution in [3.8, 4) is 17.6 Å². The zero-order chi connectivity index (χ0) is 18.8. The SMILES string of the molecule is CCOc1ccccc1OCCCC(=O)N[C@@H](C#N)c1ccc(F)cc1. The predicted molar refractivity (Wildman–Crippen MR) is 95.2 cm³/mol. The van der Waals surface area contributed by atoms with Crippen molar-refractivity contribution in [2.75, 3.05) is 13.2 Å². The molecule has 136 valence electrons. The second-order valence-corrected chi connectivity index (χ2v) is 5.51. The summed E-state index contributed by atoms with van der Waals surface area (Å²) >= 11 is 0. The molecule has 0 unspecified atom stereocenters. The monoisotopic (exact) mass is 356 g/mol. The number of ether oxygens (including phenoxy) is 2. The fourth-order valence-electron chi connectivity index (χ4n) is 2.34. The van der Waals surface area contributed by atoms with Crippen LogP contribution < -0.4 is 14.8 Å². The van der Waals surface area contributed by atoms with E-state index in [1.54, 1.807) is 0 Å². The van der Waals surface area contributed by atoms with Crippen LogP contribution in [-0.4, -0.2) is 19.1 Å². The molecule has 0 saturated heterocycles. The summed E-state index contributed by atoms with van der Waals surface area (Å²) in [6.07, 6.45) is 0.712. The van der Waals surface area contributed by atoms with Crippen LogP contribution in [0.3, 0.4) is 0 Å². The molecule has 0 aliphatic rings. The van der Waals surface area contributed by atoms with Gasteiger partial charge in [-0.15, -0.1) is 0 Å². The molecule has 0 aromatic heterocycles. The van der Waals surface area contributed by atoms with Gasteiger partial charge in [0.25, 0.3) is 0 Å². The fraction of sp³-hybridized carbons (Fsp3) is 0.300. The Hall–Kier alpha value is -3.07. The van der Waals surface area contributed by atoms with Crippen molar-refractivity contribution in [3.63, 3.8) is 0 Å². The van der Waals surface area contributed by atoms with Gasteiger partial charge in [-0.25, -0.2) is 4.39 Å². The van der Waals surface area contributed by atoms with Crippen molar-refractivity contribution < 1.29 is 18.7 Å². The Morgan fingerprint density at radius 1 is 1.15 bits per heavy atom. The molecule has 1 N–H and O–H groups in total. The Balaban J connectivity index is 1.78. The zero-order valence-corrected chi connectivity index (χ0v) is 14.6. The summed E-state index contributed by atoms with van der Waals surface area (Å²) in [4.78, 5) is 12.0. The van der Waals surface area contributed by atoms with Crippen molar-refractivity contribution in [1.29, 1.82) is 5.26 Å². The lowest BCUT2D eigenvalue weighted by Crippen LogP contribution is -2.27. The lowest BCUT2D eigenvalue weighted by Gasteiger charge is -2.13. The van der Waals surface area contributed by atoms with E-state index in [4.69, 9.17) is 9.47 Å². The van der Waals surface area contributed by atoms with Gasteiger partial charge in [-0.3, -0.25) is 4.79 Å². The molecular formula is C20H21FN2O3. The van der Waals surface area contributed by atoms with Crippen LogP contribution in [0.2, 0.25) is 0 Å². The van der Waals surface area contributed by atoms with E-state index in [-0.39, 0.29) is 18.1 Å². The number of hydrogen-bond acceptors (Lipinski definition) is 4. The highest BCUT2D eigenvalue weighted by molar-refractivity contribution is 5.76. The molecule has 2 aromatic carbocycles. The maximum atomic E-state index is 12.9. The Morgan fingerprint density at radius 3 is 2.42 bits per heavy atom. The molecule has 0 saturated carbocycles. The first-order valence-corrected chi connectivity index (χ1v) is 8.43. The van der Waals surface area contributed by atoms with E-state index in [9.17, 15) is 14.4 Å². The average molecular weight is 356 g/mol. The number of amides is 1. The number of benzene rings is 2. The molecular weight excluding hydrogens is 335 g/mol. The van der Waals surface area contributed by atoms with Gasteiger partial charge < -0.3 is 14.8 Å². The van der Waals surface area contributed by atoms with Gasteiger partial charge in [0.05, 0.1) is 19.3 Å². The molecule has 0 radical (unpaired) electrons. The molecule has 2 rings (SSSR count). The molecule has 26 heavy (non-hydrogen) atoms. The highest BCUT2D eigenvalue weighted by Crippen LogP contribution is 2.26. The second-order valence-electron chi connectivity index (χ2n) is 5.51. The third kappa shape index (κ3) is 5.78. The van der Waals surface area contributed by atoms with E-state index >= 15 is 0 Å². The van der Waals surface area contributed by atoms with Gasteiger partial charge in [0.1, 0.15) is 11.9 Å². The smallest absolute Gasteiger partial charge is 0.221 e. The van der Waals surface area contributed by atoms with Crippen LogP contribution in [0.25, 0.3) is 0 Å². The summed E-state index contributed by atoms with van der Waals surface area (Å²) in [6.45, 7) is 2.79. The largest absolute Gasteiger partial charge is 0.490 e. The van der Waals surface area contributed by atoms with Crippen LogP contribution in [0.1, 0.15) is 31.4 Å². The van der Waals surface area contributed by atoms with Crippen molar-refractivity contribution in [1.82, 2.24) is 5.32 Å². The maximum Gasteiger partial charge on any atom is 0.221 e. The lowest BCUT2D eigenvalue weighted by molar-refractivity contribution is -0.121. The Labute approximate surface area is 152 Å². The number of nitriles is 1. The van der Waals surface area contributed by atoms with Gasteiger partial charge >= 0.3 is 0 Å². The molecule has 0 aliphatic heterocycles. The quantitative estimate of drug-likeness (QED) is 0.695. The van der Waals surface area contributed by atoms with Crippen molar-refractivity contribution in [2.45, 2.75) is 25.8 Å². The molecule has 1 amide bonds. The summed E-state index contributed by atoms with van der Waals surface area (Å²) in [5.41, 5.74) is 0.546. The number of hydrogen-bond donors (Lipinski definition) is 1. The number of rotatable bonds is 9. The van der Waals surface area contributed by atoms with Crippen LogP contribution in [0.15, 0.2) is 48.5 Å². The van der Waals surface area contributed by atoms with Crippen LogP contribution in [0.4, 0.5) is 4.39 Å². The topological polar surface area (TPSA) is 71.3 Å². The molecule has 5 nitrogen and oxygen atoms in total. The summed E-state index contributed by atoms with van der Waals surface area (Å²) in [5, 5.41) is 11.8. The molecule has 0 bridgehead atoms. The number of carbonyl (C=O) groups excluding carboxylic acids is 1. The fourth-order valence-corrected chi connectivity index (χ4v) is 2.34. The van der Waals surface area contributed by atoms with E-state index < -0.39 is 6.04 Å². The van der Waals surface area contributed by atoms with E-state index in [0.29, 0.717) is 36.7 Å². The van der Waals surface area contributed by atoms with Gasteiger partial charge in [-0.2, -0.15) is 5.26 Å². The lowest BCUT2D eigenvalue weighted by atomic mass is 10.1. The predicted octanol–water partition coefficient (Wildman–Crippen LogP) is 3.76. The summed E-state index contributed by atoms with van der Waals surface area (Å²) in [7, 11) is 0. The van der Waals surface area contributed by atoms with Gasteiger partial charge in [-0.05, 0) is 43.2 Å².